The van der Waals surface area contributed by atoms with Gasteiger partial charge in [0.15, 0.2) is 5.17 Å². The summed E-state index contributed by atoms with van der Waals surface area (Å²) >= 11 is 4.28. The molecule has 0 bridgehead atoms. The van der Waals surface area contributed by atoms with E-state index in [9.17, 15) is 20.0 Å². The van der Waals surface area contributed by atoms with E-state index in [2.05, 4.69) is 20.9 Å². The number of amidine groups is 1. The molecule has 0 saturated carbocycles. The number of nitrogens with zero attached hydrogens (tertiary/aromatic N) is 3. The Kier molecular flexibility index (Phi) is 5.92. The SMILES string of the molecule is O=C1/C(=C/c2cc(Br)c(O)c([N+](=O)[O-])c2)SC(=Nc2ccccc2)N1Cc1ccco1. The number of nitro groups is 1. The number of thioether (sulfide) groups is 1. The maximum atomic E-state index is 13.1. The summed E-state index contributed by atoms with van der Waals surface area (Å²) in [4.78, 5) is 30.1. The molecule has 0 spiro atoms. The summed E-state index contributed by atoms with van der Waals surface area (Å²) in [5.74, 6) is -0.176. The van der Waals surface area contributed by atoms with E-state index in [-0.39, 0.29) is 16.9 Å². The van der Waals surface area contributed by atoms with Crippen LogP contribution in [0.15, 0.2) is 79.6 Å². The fraction of sp³-hybridized carbons (Fsp3) is 0.0476. The topological polar surface area (TPSA) is 109 Å². The van der Waals surface area contributed by atoms with E-state index in [1.165, 1.54) is 29.4 Å². The number of carbonyl (C=O) groups is 1. The second-order valence-electron chi connectivity index (χ2n) is 6.44. The number of furan rings is 1. The van der Waals surface area contributed by atoms with E-state index < -0.39 is 16.4 Å². The first-order valence-electron chi connectivity index (χ1n) is 8.97. The van der Waals surface area contributed by atoms with Crippen LogP contribution in [0.3, 0.4) is 0 Å². The number of nitro benzene ring substituents is 1. The predicted molar refractivity (Wildman–Crippen MR) is 121 cm³/mol. The summed E-state index contributed by atoms with van der Waals surface area (Å²) in [7, 11) is 0. The Labute approximate surface area is 189 Å². The summed E-state index contributed by atoms with van der Waals surface area (Å²) in [5, 5.41) is 21.5. The molecule has 3 aromatic rings. The lowest BCUT2D eigenvalue weighted by molar-refractivity contribution is -0.386. The van der Waals surface area contributed by atoms with Gasteiger partial charge in [0.1, 0.15) is 5.76 Å². The number of amides is 1. The van der Waals surface area contributed by atoms with Crippen molar-refractivity contribution in [1.82, 2.24) is 4.90 Å². The van der Waals surface area contributed by atoms with Gasteiger partial charge in [0.25, 0.3) is 5.91 Å². The highest BCUT2D eigenvalue weighted by molar-refractivity contribution is 9.10. The van der Waals surface area contributed by atoms with Crippen molar-refractivity contribution in [1.29, 1.82) is 0 Å². The normalized spacial score (nSPS) is 16.4. The second-order valence-corrected chi connectivity index (χ2v) is 8.30. The molecule has 4 rings (SSSR count). The highest BCUT2D eigenvalue weighted by Crippen LogP contribution is 2.39. The zero-order valence-electron chi connectivity index (χ0n) is 15.8. The number of hydrogen-bond donors (Lipinski definition) is 1. The molecule has 1 amide bonds. The van der Waals surface area contributed by atoms with Crippen LogP contribution in [0, 0.1) is 10.1 Å². The molecule has 2 aromatic carbocycles. The number of phenolic OH excluding ortho intramolecular Hbond substituents is 1. The van der Waals surface area contributed by atoms with E-state index in [0.717, 1.165) is 11.8 Å². The van der Waals surface area contributed by atoms with Crippen LogP contribution >= 0.6 is 27.7 Å². The van der Waals surface area contributed by atoms with E-state index in [4.69, 9.17) is 4.42 Å². The quantitative estimate of drug-likeness (QED) is 0.283. The molecular formula is C21H14BrN3O5S. The zero-order valence-corrected chi connectivity index (χ0v) is 18.2. The number of para-hydroxylation sites is 1. The van der Waals surface area contributed by atoms with Crippen molar-refractivity contribution >= 4 is 56.2 Å². The fourth-order valence-corrected chi connectivity index (χ4v) is 4.35. The van der Waals surface area contributed by atoms with Gasteiger partial charge in [0.05, 0.1) is 32.8 Å². The number of carbonyl (C=O) groups excluding carboxylic acids is 1. The highest BCUT2D eigenvalue weighted by atomic mass is 79.9. The Morgan fingerprint density at radius 1 is 1.23 bits per heavy atom. The van der Waals surface area contributed by atoms with Gasteiger partial charge >= 0.3 is 5.69 Å². The fourth-order valence-electron chi connectivity index (χ4n) is 2.88. The molecule has 1 saturated heterocycles. The number of aromatic hydroxyl groups is 1. The molecule has 1 fully saturated rings. The van der Waals surface area contributed by atoms with E-state index in [0.29, 0.717) is 27.1 Å². The maximum Gasteiger partial charge on any atom is 0.312 e. The Balaban J connectivity index is 1.73. The van der Waals surface area contributed by atoms with Gasteiger partial charge < -0.3 is 9.52 Å². The third kappa shape index (κ3) is 4.54. The second kappa shape index (κ2) is 8.78. The first kappa shape index (κ1) is 20.9. The van der Waals surface area contributed by atoms with Crippen molar-refractivity contribution in [2.75, 3.05) is 0 Å². The first-order valence-corrected chi connectivity index (χ1v) is 10.6. The summed E-state index contributed by atoms with van der Waals surface area (Å²) in [6.07, 6.45) is 3.06. The van der Waals surface area contributed by atoms with Gasteiger partial charge in [-0.1, -0.05) is 18.2 Å². The van der Waals surface area contributed by atoms with Crippen LogP contribution < -0.4 is 0 Å². The maximum absolute atomic E-state index is 13.1. The zero-order chi connectivity index (χ0) is 22.0. The van der Waals surface area contributed by atoms with Crippen molar-refractivity contribution in [2.45, 2.75) is 6.54 Å². The van der Waals surface area contributed by atoms with Crippen molar-refractivity contribution < 1.29 is 19.2 Å². The molecule has 1 N–H and O–H groups in total. The van der Waals surface area contributed by atoms with Crippen LogP contribution in [-0.4, -0.2) is 26.0 Å². The lowest BCUT2D eigenvalue weighted by Crippen LogP contribution is -2.28. The number of benzene rings is 2. The Hall–Kier alpha value is -3.37. The smallest absolute Gasteiger partial charge is 0.312 e. The van der Waals surface area contributed by atoms with Crippen molar-refractivity contribution in [3.63, 3.8) is 0 Å². The molecule has 0 aliphatic carbocycles. The molecule has 156 valence electrons. The predicted octanol–water partition coefficient (Wildman–Crippen LogP) is 5.46. The van der Waals surface area contributed by atoms with Gasteiger partial charge in [0, 0.05) is 6.07 Å². The van der Waals surface area contributed by atoms with Crippen molar-refractivity contribution in [3.05, 3.63) is 91.7 Å². The summed E-state index contributed by atoms with van der Waals surface area (Å²) in [5.41, 5.74) is 0.625. The summed E-state index contributed by atoms with van der Waals surface area (Å²) in [6.45, 7) is 0.196. The lowest BCUT2D eigenvalue weighted by Gasteiger charge is -2.13. The van der Waals surface area contributed by atoms with Crippen LogP contribution in [0.4, 0.5) is 11.4 Å². The van der Waals surface area contributed by atoms with Gasteiger partial charge in [-0.2, -0.15) is 0 Å². The molecule has 31 heavy (non-hydrogen) atoms. The minimum absolute atomic E-state index is 0.162. The minimum Gasteiger partial charge on any atom is -0.501 e. The van der Waals surface area contributed by atoms with Gasteiger partial charge in [0.2, 0.25) is 5.75 Å². The average Bonchev–Trinajstić information content (AvgIpc) is 3.35. The molecule has 8 nitrogen and oxygen atoms in total. The molecule has 2 heterocycles. The van der Waals surface area contributed by atoms with E-state index in [1.807, 2.05) is 30.3 Å². The van der Waals surface area contributed by atoms with Crippen molar-refractivity contribution in [3.8, 4) is 5.75 Å². The number of halogens is 1. The number of aliphatic imine (C=N–C) groups is 1. The van der Waals surface area contributed by atoms with Gasteiger partial charge in [-0.25, -0.2) is 4.99 Å². The Bertz CT molecular complexity index is 1210. The van der Waals surface area contributed by atoms with Crippen LogP contribution in [0.5, 0.6) is 5.75 Å². The molecular weight excluding hydrogens is 486 g/mol. The van der Waals surface area contributed by atoms with Crippen LogP contribution in [0.1, 0.15) is 11.3 Å². The third-order valence-electron chi connectivity index (χ3n) is 4.32. The molecule has 0 radical (unpaired) electrons. The lowest BCUT2D eigenvalue weighted by atomic mass is 10.1. The Morgan fingerprint density at radius 2 is 2.00 bits per heavy atom. The van der Waals surface area contributed by atoms with Gasteiger partial charge in [-0.05, 0) is 69.7 Å². The monoisotopic (exact) mass is 499 g/mol. The molecule has 10 heteroatoms. The van der Waals surface area contributed by atoms with Crippen molar-refractivity contribution in [2.24, 2.45) is 4.99 Å². The van der Waals surface area contributed by atoms with Gasteiger partial charge in [-0.15, -0.1) is 0 Å². The minimum atomic E-state index is -0.683. The van der Waals surface area contributed by atoms with Crippen LogP contribution in [0.2, 0.25) is 0 Å². The molecule has 0 unspecified atom stereocenters. The number of rotatable bonds is 5. The molecule has 1 aliphatic heterocycles. The highest BCUT2D eigenvalue weighted by Gasteiger charge is 2.34. The number of hydrogen-bond acceptors (Lipinski definition) is 7. The van der Waals surface area contributed by atoms with Crippen LogP contribution in [-0.2, 0) is 11.3 Å². The van der Waals surface area contributed by atoms with Crippen LogP contribution in [0.25, 0.3) is 6.08 Å². The van der Waals surface area contributed by atoms with E-state index >= 15 is 0 Å². The number of phenols is 1. The average molecular weight is 500 g/mol. The van der Waals surface area contributed by atoms with Gasteiger partial charge in [-0.3, -0.25) is 19.8 Å². The molecule has 0 atom stereocenters. The first-order chi connectivity index (χ1) is 14.9. The summed E-state index contributed by atoms with van der Waals surface area (Å²) < 4.78 is 5.54. The molecule has 1 aliphatic rings. The van der Waals surface area contributed by atoms with E-state index in [1.54, 1.807) is 12.1 Å². The largest absolute Gasteiger partial charge is 0.501 e. The standard InChI is InChI=1S/C21H14BrN3O5S/c22-16-9-13(10-17(19(16)26)25(28)29)11-18-20(27)24(12-15-7-4-8-30-15)21(31-18)23-14-5-2-1-3-6-14/h1-11,26H,12H2/b18-11-,23-21?. The Morgan fingerprint density at radius 3 is 2.68 bits per heavy atom. The summed E-state index contributed by atoms with van der Waals surface area (Å²) in [6, 6.07) is 15.4. The molecule has 1 aromatic heterocycles. The third-order valence-corrected chi connectivity index (χ3v) is 5.93.